The molecule has 2 aromatic rings. The minimum absolute atomic E-state index is 0. The maximum Gasteiger partial charge on any atom is 0.260 e. The number of hydrogen-bond donors (Lipinski definition) is 2. The Hall–Kier alpha value is -1.37. The standard InChI is InChI=1S/C11H13N3O2S.ClH/c1-2-9-5-13-11(17-9)14-10(15)7-3-8(4-12)16-6-7;/h3,5-6H,2,4,12H2,1H3,(H,13,14,15);1H. The zero-order valence-electron chi connectivity index (χ0n) is 9.80. The number of nitrogens with zero attached hydrogens (tertiary/aromatic N) is 1. The van der Waals surface area contributed by atoms with Crippen LogP contribution < -0.4 is 11.1 Å². The van der Waals surface area contributed by atoms with Crippen molar-refractivity contribution in [2.24, 2.45) is 5.73 Å². The molecule has 1 amide bonds. The molecule has 0 aliphatic rings. The molecule has 2 rings (SSSR count). The van der Waals surface area contributed by atoms with E-state index in [-0.39, 0.29) is 24.9 Å². The number of aromatic nitrogens is 1. The van der Waals surface area contributed by atoms with E-state index < -0.39 is 0 Å². The summed E-state index contributed by atoms with van der Waals surface area (Å²) in [7, 11) is 0. The van der Waals surface area contributed by atoms with Crippen LogP contribution in [0.1, 0.15) is 27.9 Å². The van der Waals surface area contributed by atoms with Crippen LogP contribution in [0.4, 0.5) is 5.13 Å². The van der Waals surface area contributed by atoms with E-state index in [1.165, 1.54) is 17.6 Å². The number of nitrogens with two attached hydrogens (primary N) is 1. The van der Waals surface area contributed by atoms with Crippen LogP contribution in [0, 0.1) is 0 Å². The summed E-state index contributed by atoms with van der Waals surface area (Å²) in [6.07, 6.45) is 4.07. The lowest BCUT2D eigenvalue weighted by Crippen LogP contribution is -2.10. The van der Waals surface area contributed by atoms with Gasteiger partial charge in [-0.2, -0.15) is 0 Å². The summed E-state index contributed by atoms with van der Waals surface area (Å²) in [5.74, 6) is 0.356. The van der Waals surface area contributed by atoms with Gasteiger partial charge in [-0.15, -0.1) is 23.7 Å². The van der Waals surface area contributed by atoms with Crippen molar-refractivity contribution in [3.8, 4) is 0 Å². The van der Waals surface area contributed by atoms with Crippen LogP contribution in [0.25, 0.3) is 0 Å². The van der Waals surface area contributed by atoms with E-state index in [4.69, 9.17) is 10.2 Å². The second-order valence-corrected chi connectivity index (χ2v) is 4.56. The fourth-order valence-electron chi connectivity index (χ4n) is 1.30. The molecule has 0 atom stereocenters. The van der Waals surface area contributed by atoms with Gasteiger partial charge in [-0.3, -0.25) is 10.1 Å². The number of carbonyl (C=O) groups excluding carboxylic acids is 1. The molecule has 0 bridgehead atoms. The Morgan fingerprint density at radius 1 is 1.61 bits per heavy atom. The van der Waals surface area contributed by atoms with E-state index in [1.54, 1.807) is 12.3 Å². The number of carbonyl (C=O) groups is 1. The van der Waals surface area contributed by atoms with E-state index in [0.717, 1.165) is 11.3 Å². The first-order valence-electron chi connectivity index (χ1n) is 5.26. The third kappa shape index (κ3) is 3.32. The lowest BCUT2D eigenvalue weighted by molar-refractivity contribution is 0.102. The van der Waals surface area contributed by atoms with Crippen LogP contribution in [0.5, 0.6) is 0 Å². The van der Waals surface area contributed by atoms with Crippen LogP contribution >= 0.6 is 23.7 Å². The predicted molar refractivity (Wildman–Crippen MR) is 73.3 cm³/mol. The summed E-state index contributed by atoms with van der Waals surface area (Å²) < 4.78 is 5.10. The zero-order chi connectivity index (χ0) is 12.3. The first kappa shape index (κ1) is 14.7. The molecule has 3 N–H and O–H groups in total. The smallest absolute Gasteiger partial charge is 0.260 e. The zero-order valence-corrected chi connectivity index (χ0v) is 11.4. The molecule has 0 unspecified atom stereocenters. The van der Waals surface area contributed by atoms with Crippen LogP contribution in [0.15, 0.2) is 22.9 Å². The van der Waals surface area contributed by atoms with Gasteiger partial charge in [0.25, 0.3) is 5.91 Å². The molecule has 0 saturated heterocycles. The van der Waals surface area contributed by atoms with Gasteiger partial charge in [-0.25, -0.2) is 4.98 Å². The molecule has 0 fully saturated rings. The Morgan fingerprint density at radius 3 is 2.94 bits per heavy atom. The van der Waals surface area contributed by atoms with Gasteiger partial charge in [-0.1, -0.05) is 6.92 Å². The number of halogens is 1. The van der Waals surface area contributed by atoms with Crippen molar-refractivity contribution in [2.45, 2.75) is 19.9 Å². The second-order valence-electron chi connectivity index (χ2n) is 3.45. The van der Waals surface area contributed by atoms with Crippen molar-refractivity contribution in [2.75, 3.05) is 5.32 Å². The fraction of sp³-hybridized carbons (Fsp3) is 0.273. The number of nitrogens with one attached hydrogen (secondary N) is 1. The molecular weight excluding hydrogens is 274 g/mol. The average Bonchev–Trinajstić information content (AvgIpc) is 2.96. The normalized spacial score (nSPS) is 9.89. The van der Waals surface area contributed by atoms with Crippen molar-refractivity contribution >= 4 is 34.8 Å². The Bertz CT molecular complexity index is 524. The molecule has 0 aliphatic heterocycles. The summed E-state index contributed by atoms with van der Waals surface area (Å²) in [6, 6.07) is 1.63. The number of amides is 1. The van der Waals surface area contributed by atoms with Crippen LogP contribution in [-0.2, 0) is 13.0 Å². The monoisotopic (exact) mass is 287 g/mol. The van der Waals surface area contributed by atoms with Crippen LogP contribution in [-0.4, -0.2) is 10.9 Å². The van der Waals surface area contributed by atoms with Gasteiger partial charge in [0.1, 0.15) is 12.0 Å². The van der Waals surface area contributed by atoms with Gasteiger partial charge in [0.15, 0.2) is 5.13 Å². The average molecular weight is 288 g/mol. The lowest BCUT2D eigenvalue weighted by Gasteiger charge is -1.96. The molecule has 0 radical (unpaired) electrons. The quantitative estimate of drug-likeness (QED) is 0.905. The van der Waals surface area contributed by atoms with Crippen molar-refractivity contribution in [1.82, 2.24) is 4.98 Å². The van der Waals surface area contributed by atoms with Gasteiger partial charge in [0.2, 0.25) is 0 Å². The SMILES string of the molecule is CCc1cnc(NC(=O)c2coc(CN)c2)s1.Cl. The molecule has 18 heavy (non-hydrogen) atoms. The molecule has 98 valence electrons. The summed E-state index contributed by atoms with van der Waals surface area (Å²) in [6.45, 7) is 2.33. The highest BCUT2D eigenvalue weighted by Crippen LogP contribution is 2.19. The summed E-state index contributed by atoms with van der Waals surface area (Å²) in [5.41, 5.74) is 5.86. The van der Waals surface area contributed by atoms with Crippen molar-refractivity contribution in [3.63, 3.8) is 0 Å². The maximum atomic E-state index is 11.8. The fourth-order valence-corrected chi connectivity index (χ4v) is 2.05. The summed E-state index contributed by atoms with van der Waals surface area (Å²) >= 11 is 1.47. The van der Waals surface area contributed by atoms with E-state index in [2.05, 4.69) is 10.3 Å². The Kier molecular flexibility index (Phi) is 5.33. The first-order chi connectivity index (χ1) is 8.22. The summed E-state index contributed by atoms with van der Waals surface area (Å²) in [4.78, 5) is 17.0. The van der Waals surface area contributed by atoms with E-state index in [0.29, 0.717) is 16.5 Å². The van der Waals surface area contributed by atoms with Gasteiger partial charge in [-0.05, 0) is 12.5 Å². The number of furan rings is 1. The molecule has 0 aromatic carbocycles. The molecule has 0 saturated carbocycles. The van der Waals surface area contributed by atoms with E-state index in [9.17, 15) is 4.79 Å². The molecule has 0 spiro atoms. The second kappa shape index (κ2) is 6.53. The summed E-state index contributed by atoms with van der Waals surface area (Å²) in [5, 5.41) is 3.32. The topological polar surface area (TPSA) is 81.2 Å². The third-order valence-corrected chi connectivity index (χ3v) is 3.30. The number of thiazole rings is 1. The van der Waals surface area contributed by atoms with E-state index >= 15 is 0 Å². The lowest BCUT2D eigenvalue weighted by atomic mass is 10.3. The third-order valence-electron chi connectivity index (χ3n) is 2.24. The predicted octanol–water partition coefficient (Wildman–Crippen LogP) is 2.43. The van der Waals surface area contributed by atoms with Crippen molar-refractivity contribution in [3.05, 3.63) is 34.7 Å². The van der Waals surface area contributed by atoms with E-state index in [1.807, 2.05) is 6.92 Å². The Balaban J connectivity index is 0.00000162. The highest BCUT2D eigenvalue weighted by Gasteiger charge is 2.11. The van der Waals surface area contributed by atoms with Crippen LogP contribution in [0.2, 0.25) is 0 Å². The highest BCUT2D eigenvalue weighted by atomic mass is 35.5. The molecule has 2 aromatic heterocycles. The number of rotatable bonds is 4. The van der Waals surface area contributed by atoms with Gasteiger partial charge in [0.05, 0.1) is 12.1 Å². The van der Waals surface area contributed by atoms with Gasteiger partial charge in [0, 0.05) is 11.1 Å². The number of aryl methyl sites for hydroxylation is 1. The molecule has 0 aliphatic carbocycles. The van der Waals surface area contributed by atoms with Gasteiger partial charge >= 0.3 is 0 Å². The Labute approximate surface area is 115 Å². The molecule has 7 heteroatoms. The maximum absolute atomic E-state index is 11.8. The molecule has 2 heterocycles. The number of hydrogen-bond acceptors (Lipinski definition) is 5. The Morgan fingerprint density at radius 2 is 2.39 bits per heavy atom. The van der Waals surface area contributed by atoms with Gasteiger partial charge < -0.3 is 10.2 Å². The number of anilines is 1. The highest BCUT2D eigenvalue weighted by molar-refractivity contribution is 7.15. The van der Waals surface area contributed by atoms with Crippen molar-refractivity contribution in [1.29, 1.82) is 0 Å². The largest absolute Gasteiger partial charge is 0.467 e. The van der Waals surface area contributed by atoms with Crippen LogP contribution in [0.3, 0.4) is 0 Å². The molecule has 5 nitrogen and oxygen atoms in total. The van der Waals surface area contributed by atoms with Crippen molar-refractivity contribution < 1.29 is 9.21 Å². The first-order valence-corrected chi connectivity index (χ1v) is 6.08. The minimum Gasteiger partial charge on any atom is -0.467 e. The molecular formula is C11H14ClN3O2S. The minimum atomic E-state index is -0.231.